The molecule has 2 aliphatic heterocycles. The van der Waals surface area contributed by atoms with Gasteiger partial charge >= 0.3 is 0 Å². The van der Waals surface area contributed by atoms with E-state index in [9.17, 15) is 29.6 Å². The number of rotatable bonds is 4. The number of amides is 3. The first-order valence-corrected chi connectivity index (χ1v) is 9.59. The molecule has 2 heterocycles. The van der Waals surface area contributed by atoms with E-state index >= 15 is 0 Å². The number of thioether (sulfide) groups is 1. The maximum absolute atomic E-state index is 12.5. The highest BCUT2D eigenvalue weighted by atomic mass is 79.9. The van der Waals surface area contributed by atoms with E-state index in [0.717, 1.165) is 29.9 Å². The molecule has 0 atom stereocenters. The molecule has 0 aromatic heterocycles. The highest BCUT2D eigenvalue weighted by molar-refractivity contribution is 9.10. The van der Waals surface area contributed by atoms with Crippen LogP contribution in [0.15, 0.2) is 21.5 Å². The minimum absolute atomic E-state index is 0.0167. The van der Waals surface area contributed by atoms with E-state index in [0.29, 0.717) is 24.9 Å². The Hall–Kier alpha value is -2.40. The molecule has 0 spiro atoms. The number of halogens is 1. The van der Waals surface area contributed by atoms with Crippen LogP contribution in [0, 0.1) is 10.1 Å². The second-order valence-electron chi connectivity index (χ2n) is 5.98. The minimum atomic E-state index is -0.667. The molecule has 0 radical (unpaired) electrons. The molecule has 0 saturated carbocycles. The highest BCUT2D eigenvalue weighted by Crippen LogP contribution is 2.38. The Morgan fingerprint density at radius 1 is 1.33 bits per heavy atom. The summed E-state index contributed by atoms with van der Waals surface area (Å²) >= 11 is 3.64. The topological polar surface area (TPSA) is 121 Å². The third-order valence-electron chi connectivity index (χ3n) is 4.20. The van der Waals surface area contributed by atoms with Crippen LogP contribution in [-0.4, -0.2) is 56.5 Å². The Labute approximate surface area is 166 Å². The molecule has 0 bridgehead atoms. The Kier molecular flexibility index (Phi) is 5.51. The molecule has 27 heavy (non-hydrogen) atoms. The largest absolute Gasteiger partial charge is 0.506 e. The number of hydrogen-bond donors (Lipinski definition) is 1. The molecule has 3 amide bonds. The molecule has 142 valence electrons. The van der Waals surface area contributed by atoms with Gasteiger partial charge in [0.15, 0.2) is 0 Å². The number of nitrogens with zero attached hydrogens (tertiary/aromatic N) is 3. The van der Waals surface area contributed by atoms with Crippen LogP contribution >= 0.6 is 27.7 Å². The smallest absolute Gasteiger partial charge is 0.294 e. The number of phenols is 1. The fourth-order valence-corrected chi connectivity index (χ4v) is 4.09. The van der Waals surface area contributed by atoms with E-state index in [2.05, 4.69) is 15.9 Å². The number of non-ortho nitro benzene ring substituents is 1. The molecule has 0 aliphatic carbocycles. The Morgan fingerprint density at radius 3 is 2.63 bits per heavy atom. The van der Waals surface area contributed by atoms with E-state index in [1.54, 1.807) is 4.90 Å². The van der Waals surface area contributed by atoms with Gasteiger partial charge in [-0.05, 0) is 46.6 Å². The van der Waals surface area contributed by atoms with Gasteiger partial charge in [0.25, 0.3) is 16.8 Å². The quantitative estimate of drug-likeness (QED) is 0.420. The number of hydrogen-bond acceptors (Lipinski definition) is 7. The summed E-state index contributed by atoms with van der Waals surface area (Å²) in [6.07, 6.45) is 3.00. The van der Waals surface area contributed by atoms with Gasteiger partial charge in [-0.1, -0.05) is 0 Å². The van der Waals surface area contributed by atoms with Gasteiger partial charge < -0.3 is 10.0 Å². The van der Waals surface area contributed by atoms with Gasteiger partial charge in [-0.15, -0.1) is 0 Å². The molecule has 1 N–H and O–H groups in total. The van der Waals surface area contributed by atoms with Gasteiger partial charge in [-0.3, -0.25) is 29.4 Å². The van der Waals surface area contributed by atoms with Crippen molar-refractivity contribution in [1.29, 1.82) is 0 Å². The van der Waals surface area contributed by atoms with Crippen molar-refractivity contribution in [3.8, 4) is 5.75 Å². The van der Waals surface area contributed by atoms with Crippen molar-refractivity contribution in [2.45, 2.75) is 12.8 Å². The second kappa shape index (κ2) is 7.69. The number of benzene rings is 1. The molecular formula is C16H14BrN3O6S. The summed E-state index contributed by atoms with van der Waals surface area (Å²) in [6, 6.07) is 2.23. The molecule has 2 saturated heterocycles. The SMILES string of the molecule is O=C(CN1C(=O)S/C(=C/c2cc([N+](=O)[O-])cc(Br)c2O)C1=O)N1CCCC1. The van der Waals surface area contributed by atoms with Crippen LogP contribution in [0.5, 0.6) is 5.75 Å². The Morgan fingerprint density at radius 2 is 2.00 bits per heavy atom. The van der Waals surface area contributed by atoms with Crippen molar-refractivity contribution in [3.63, 3.8) is 0 Å². The average Bonchev–Trinajstić information content (AvgIpc) is 3.23. The number of carbonyl (C=O) groups is 3. The van der Waals surface area contributed by atoms with Crippen molar-refractivity contribution >= 4 is 56.5 Å². The molecule has 9 nitrogen and oxygen atoms in total. The first-order chi connectivity index (χ1) is 12.8. The standard InChI is InChI=1S/C16H14BrN3O6S/c17-11-7-10(20(25)26)5-9(14(11)22)6-12-15(23)19(16(24)27-12)8-13(21)18-3-1-2-4-18/h5-7,22H,1-4,8H2/b12-6+. The van der Waals surface area contributed by atoms with Crippen molar-refractivity contribution in [2.24, 2.45) is 0 Å². The first-order valence-electron chi connectivity index (χ1n) is 7.98. The predicted molar refractivity (Wildman–Crippen MR) is 101 cm³/mol. The fourth-order valence-electron chi connectivity index (χ4n) is 2.80. The van der Waals surface area contributed by atoms with Crippen LogP contribution in [0.25, 0.3) is 6.08 Å². The van der Waals surface area contributed by atoms with Gasteiger partial charge in [0, 0.05) is 30.8 Å². The average molecular weight is 456 g/mol. The van der Waals surface area contributed by atoms with E-state index in [1.165, 1.54) is 6.08 Å². The lowest BCUT2D eigenvalue weighted by Gasteiger charge is -2.18. The molecule has 1 aromatic rings. The lowest BCUT2D eigenvalue weighted by atomic mass is 10.1. The van der Waals surface area contributed by atoms with Gasteiger partial charge in [0.2, 0.25) is 5.91 Å². The Bertz CT molecular complexity index is 881. The lowest BCUT2D eigenvalue weighted by molar-refractivity contribution is -0.385. The molecule has 3 rings (SSSR count). The molecule has 1 aromatic carbocycles. The zero-order chi connectivity index (χ0) is 19.7. The summed E-state index contributed by atoms with van der Waals surface area (Å²) in [5.41, 5.74) is -0.262. The van der Waals surface area contributed by atoms with E-state index in [4.69, 9.17) is 0 Å². The van der Waals surface area contributed by atoms with Crippen molar-refractivity contribution in [2.75, 3.05) is 19.6 Å². The number of aromatic hydroxyl groups is 1. The monoisotopic (exact) mass is 455 g/mol. The van der Waals surface area contributed by atoms with E-state index in [1.807, 2.05) is 0 Å². The highest BCUT2D eigenvalue weighted by Gasteiger charge is 2.37. The molecule has 11 heteroatoms. The van der Waals surface area contributed by atoms with Crippen molar-refractivity contribution in [3.05, 3.63) is 37.2 Å². The second-order valence-corrected chi connectivity index (χ2v) is 7.83. The number of phenolic OH excluding ortho intramolecular Hbond substituents is 1. The summed E-state index contributed by atoms with van der Waals surface area (Å²) in [6.45, 7) is 0.883. The van der Waals surface area contributed by atoms with Gasteiger partial charge in [0.1, 0.15) is 12.3 Å². The summed E-state index contributed by atoms with van der Waals surface area (Å²) in [4.78, 5) is 49.6. The van der Waals surface area contributed by atoms with Crippen LogP contribution in [0.4, 0.5) is 10.5 Å². The summed E-state index contributed by atoms with van der Waals surface area (Å²) in [5.74, 6) is -1.25. The third kappa shape index (κ3) is 3.98. The molecule has 0 unspecified atom stereocenters. The summed E-state index contributed by atoms with van der Waals surface area (Å²) < 4.78 is 0.0892. The number of carbonyl (C=O) groups excluding carboxylic acids is 3. The van der Waals surface area contributed by atoms with Crippen molar-refractivity contribution < 1.29 is 24.4 Å². The lowest BCUT2D eigenvalue weighted by Crippen LogP contribution is -2.40. The van der Waals surface area contributed by atoms with Crippen LogP contribution in [-0.2, 0) is 9.59 Å². The normalized spacial score (nSPS) is 18.6. The van der Waals surface area contributed by atoms with E-state index < -0.39 is 16.1 Å². The van der Waals surface area contributed by atoms with Gasteiger partial charge in [0.05, 0.1) is 14.3 Å². The summed E-state index contributed by atoms with van der Waals surface area (Å²) in [7, 11) is 0. The number of imide groups is 1. The number of nitro groups is 1. The van der Waals surface area contributed by atoms with Gasteiger partial charge in [-0.25, -0.2) is 0 Å². The van der Waals surface area contributed by atoms with Gasteiger partial charge in [-0.2, -0.15) is 0 Å². The van der Waals surface area contributed by atoms with Crippen LogP contribution in [0.3, 0.4) is 0 Å². The maximum Gasteiger partial charge on any atom is 0.294 e. The molecule has 2 aliphatic rings. The zero-order valence-corrected chi connectivity index (χ0v) is 16.3. The van der Waals surface area contributed by atoms with E-state index in [-0.39, 0.29) is 38.8 Å². The maximum atomic E-state index is 12.5. The molecule has 2 fully saturated rings. The zero-order valence-electron chi connectivity index (χ0n) is 13.9. The van der Waals surface area contributed by atoms with Crippen LogP contribution in [0.1, 0.15) is 18.4 Å². The number of likely N-dealkylation sites (tertiary alicyclic amines) is 1. The van der Waals surface area contributed by atoms with Crippen LogP contribution in [0.2, 0.25) is 0 Å². The first kappa shape index (κ1) is 19.4. The number of nitro benzene ring substituents is 1. The molecular weight excluding hydrogens is 442 g/mol. The van der Waals surface area contributed by atoms with Crippen LogP contribution < -0.4 is 0 Å². The minimum Gasteiger partial charge on any atom is -0.506 e. The fraction of sp³-hybridized carbons (Fsp3) is 0.312. The Balaban J connectivity index is 1.84. The van der Waals surface area contributed by atoms with Crippen molar-refractivity contribution in [1.82, 2.24) is 9.80 Å². The summed E-state index contributed by atoms with van der Waals surface area (Å²) in [5, 5.41) is 20.5. The third-order valence-corrected chi connectivity index (χ3v) is 5.71. The predicted octanol–water partition coefficient (Wildman–Crippen LogP) is 2.72.